The zero-order chi connectivity index (χ0) is 10.7. The third-order valence-corrected chi connectivity index (χ3v) is 1.81. The van der Waals surface area contributed by atoms with E-state index in [4.69, 9.17) is 21.1 Å². The molecular formula is C9H12NNaO4. The second kappa shape index (κ2) is 5.97. The van der Waals surface area contributed by atoms with E-state index in [0.29, 0.717) is 5.56 Å². The van der Waals surface area contributed by atoms with Crippen LogP contribution in [0.5, 0.6) is 11.5 Å². The molecule has 0 fully saturated rings. The van der Waals surface area contributed by atoms with E-state index in [9.17, 15) is 4.79 Å². The zero-order valence-corrected chi connectivity index (χ0v) is 10.3. The molecule has 0 saturated carbocycles. The van der Waals surface area contributed by atoms with E-state index in [2.05, 4.69) is 0 Å². The number of phenols is 2. The van der Waals surface area contributed by atoms with E-state index in [1.165, 1.54) is 18.2 Å². The van der Waals surface area contributed by atoms with Crippen LogP contribution < -0.4 is 35.3 Å². The molecule has 0 aliphatic heterocycles. The quantitative estimate of drug-likeness (QED) is 0.325. The van der Waals surface area contributed by atoms with Gasteiger partial charge >= 0.3 is 35.5 Å². The van der Waals surface area contributed by atoms with Crippen LogP contribution in [0.15, 0.2) is 18.2 Å². The summed E-state index contributed by atoms with van der Waals surface area (Å²) in [5.41, 5.74) is 5.86. The smallest absolute Gasteiger partial charge is 1.00 e. The maximum Gasteiger partial charge on any atom is 1.00 e. The van der Waals surface area contributed by atoms with Crippen molar-refractivity contribution in [3.05, 3.63) is 23.8 Å². The van der Waals surface area contributed by atoms with Crippen molar-refractivity contribution in [2.75, 3.05) is 0 Å². The van der Waals surface area contributed by atoms with Gasteiger partial charge in [-0.2, -0.15) is 0 Å². The van der Waals surface area contributed by atoms with Crippen LogP contribution >= 0.6 is 0 Å². The Bertz CT molecular complexity index is 361. The van der Waals surface area contributed by atoms with Crippen LogP contribution in [0.4, 0.5) is 0 Å². The number of benzene rings is 1. The number of phenolic OH excluding ortho intramolecular Hbond substituents is 2. The van der Waals surface area contributed by atoms with Crippen LogP contribution in [-0.4, -0.2) is 27.3 Å². The van der Waals surface area contributed by atoms with E-state index < -0.39 is 12.0 Å². The molecule has 5 nitrogen and oxygen atoms in total. The van der Waals surface area contributed by atoms with Crippen LogP contribution in [0, 0.1) is 0 Å². The number of hydrogen-bond donors (Lipinski definition) is 4. The molecule has 1 aromatic carbocycles. The van der Waals surface area contributed by atoms with Gasteiger partial charge in [-0.25, -0.2) is 0 Å². The minimum Gasteiger partial charge on any atom is -1.00 e. The van der Waals surface area contributed by atoms with Crippen LogP contribution in [0.3, 0.4) is 0 Å². The Labute approximate surface area is 110 Å². The molecule has 0 unspecified atom stereocenters. The molecule has 0 saturated heterocycles. The monoisotopic (exact) mass is 221 g/mol. The molecule has 1 rings (SSSR count). The zero-order valence-electron chi connectivity index (χ0n) is 9.34. The molecule has 0 heterocycles. The number of aromatic hydroxyl groups is 2. The summed E-state index contributed by atoms with van der Waals surface area (Å²) in [6.45, 7) is 0. The summed E-state index contributed by atoms with van der Waals surface area (Å²) < 4.78 is 0. The number of rotatable bonds is 3. The minimum absolute atomic E-state index is 0. The molecular weight excluding hydrogens is 209 g/mol. The van der Waals surface area contributed by atoms with Crippen LogP contribution in [0.2, 0.25) is 0 Å². The van der Waals surface area contributed by atoms with Gasteiger partial charge in [0.05, 0.1) is 0 Å². The van der Waals surface area contributed by atoms with Crippen LogP contribution in [-0.2, 0) is 11.2 Å². The van der Waals surface area contributed by atoms with Gasteiger partial charge in [-0.1, -0.05) is 6.07 Å². The van der Waals surface area contributed by atoms with Gasteiger partial charge in [0.1, 0.15) is 6.04 Å². The third kappa shape index (κ3) is 4.09. The first-order valence-corrected chi connectivity index (χ1v) is 4.00. The summed E-state index contributed by atoms with van der Waals surface area (Å²) in [5, 5.41) is 26.6. The van der Waals surface area contributed by atoms with E-state index >= 15 is 0 Å². The van der Waals surface area contributed by atoms with Crippen molar-refractivity contribution >= 4 is 5.97 Å². The van der Waals surface area contributed by atoms with Gasteiger partial charge < -0.3 is 22.5 Å². The summed E-state index contributed by atoms with van der Waals surface area (Å²) in [6, 6.07) is 3.09. The van der Waals surface area contributed by atoms with Crippen molar-refractivity contribution in [1.29, 1.82) is 0 Å². The number of carboxylic acid groups (broad SMARTS) is 1. The number of nitrogens with two attached hydrogens (primary N) is 1. The number of carbonyl (C=O) groups is 1. The predicted molar refractivity (Wildman–Crippen MR) is 50.2 cm³/mol. The summed E-state index contributed by atoms with van der Waals surface area (Å²) in [4.78, 5) is 10.4. The SMILES string of the molecule is N[C@@H](Cc1ccc(O)c(O)c1)C(=O)O.[H-].[Na+]. The Balaban J connectivity index is 0. The molecule has 0 radical (unpaired) electrons. The molecule has 0 aliphatic carbocycles. The molecule has 6 heteroatoms. The molecule has 0 spiro atoms. The maximum atomic E-state index is 10.4. The Kier molecular flexibility index (Phi) is 5.67. The standard InChI is InChI=1S/C9H11NO4.Na.H/c10-6(9(13)14)3-5-1-2-7(11)8(12)4-5;;/h1-2,4,6,11-12H,3,10H2,(H,13,14);;/q;+1;-1/t6-;;/m0../s1. The van der Waals surface area contributed by atoms with Crippen molar-refractivity contribution in [2.24, 2.45) is 5.73 Å². The second-order valence-corrected chi connectivity index (χ2v) is 2.97. The Morgan fingerprint density at radius 1 is 1.40 bits per heavy atom. The summed E-state index contributed by atoms with van der Waals surface area (Å²) in [7, 11) is 0. The Morgan fingerprint density at radius 3 is 2.47 bits per heavy atom. The van der Waals surface area contributed by atoms with Gasteiger partial charge in [0.2, 0.25) is 0 Å². The number of aliphatic carboxylic acids is 1. The summed E-state index contributed by atoms with van der Waals surface area (Å²) in [5.74, 6) is -1.62. The average Bonchev–Trinajstić information content (AvgIpc) is 2.11. The average molecular weight is 221 g/mol. The Morgan fingerprint density at radius 2 is 2.00 bits per heavy atom. The van der Waals surface area contributed by atoms with Gasteiger partial charge in [0, 0.05) is 0 Å². The summed E-state index contributed by atoms with van der Waals surface area (Å²) in [6.07, 6.45) is 0.114. The minimum atomic E-state index is -1.10. The first kappa shape index (κ1) is 14.2. The Hall–Kier alpha value is -0.750. The fourth-order valence-corrected chi connectivity index (χ4v) is 1.04. The van der Waals surface area contributed by atoms with Crippen LogP contribution in [0.25, 0.3) is 0 Å². The molecule has 1 aromatic rings. The van der Waals surface area contributed by atoms with Crippen LogP contribution in [0.1, 0.15) is 6.99 Å². The molecule has 0 aliphatic rings. The van der Waals surface area contributed by atoms with E-state index in [0.717, 1.165) is 0 Å². The maximum absolute atomic E-state index is 10.4. The van der Waals surface area contributed by atoms with E-state index in [-0.39, 0.29) is 48.9 Å². The largest absolute Gasteiger partial charge is 1.00 e. The van der Waals surface area contributed by atoms with Crippen molar-refractivity contribution in [3.63, 3.8) is 0 Å². The fourth-order valence-electron chi connectivity index (χ4n) is 1.04. The van der Waals surface area contributed by atoms with E-state index in [1.54, 1.807) is 0 Å². The first-order valence-electron chi connectivity index (χ1n) is 4.00. The second-order valence-electron chi connectivity index (χ2n) is 2.97. The van der Waals surface area contributed by atoms with Gasteiger partial charge in [-0.3, -0.25) is 4.79 Å². The molecule has 1 atom stereocenters. The molecule has 0 aromatic heterocycles. The van der Waals surface area contributed by atoms with Crippen molar-refractivity contribution in [3.8, 4) is 11.5 Å². The molecule has 0 amide bonds. The van der Waals surface area contributed by atoms with E-state index in [1.807, 2.05) is 0 Å². The molecule has 15 heavy (non-hydrogen) atoms. The van der Waals surface area contributed by atoms with Gasteiger partial charge in [-0.05, 0) is 24.1 Å². The topological polar surface area (TPSA) is 104 Å². The van der Waals surface area contributed by atoms with Gasteiger partial charge in [-0.15, -0.1) is 0 Å². The normalized spacial score (nSPS) is 11.5. The van der Waals surface area contributed by atoms with Crippen molar-refractivity contribution < 1.29 is 51.1 Å². The predicted octanol–water partition coefficient (Wildman–Crippen LogP) is -2.83. The van der Waals surface area contributed by atoms with Gasteiger partial charge in [0.25, 0.3) is 0 Å². The molecule has 0 bridgehead atoms. The summed E-state index contributed by atoms with van der Waals surface area (Å²) >= 11 is 0. The number of carboxylic acids is 1. The van der Waals surface area contributed by atoms with Crippen molar-refractivity contribution in [1.82, 2.24) is 0 Å². The fraction of sp³-hybridized carbons (Fsp3) is 0.222. The third-order valence-electron chi connectivity index (χ3n) is 1.81. The first-order chi connectivity index (χ1) is 6.50. The molecule has 78 valence electrons. The molecule has 5 N–H and O–H groups in total. The van der Waals surface area contributed by atoms with Crippen molar-refractivity contribution in [2.45, 2.75) is 12.5 Å². The van der Waals surface area contributed by atoms with Gasteiger partial charge in [0.15, 0.2) is 11.5 Å². The number of hydrogen-bond acceptors (Lipinski definition) is 4.